The van der Waals surface area contributed by atoms with Gasteiger partial charge in [0.2, 0.25) is 11.8 Å². The first-order valence-electron chi connectivity index (χ1n) is 5.04. The maximum Gasteiger partial charge on any atom is 0.242 e. The Balaban J connectivity index is 2.77. The standard InChI is InChI=1S/C9H16N4O3/c1-5(7(10)12-16)9(15)13-4-3-11-8(14)6(13)2/h5-6,16H,3-4H2,1-2H3,(H2,10,12)(H,11,14). The van der Waals surface area contributed by atoms with Crippen molar-refractivity contribution in [3.63, 3.8) is 0 Å². The SMILES string of the molecule is CC(C(=O)N1CCNC(=O)C1C)C(N)=NO. The summed E-state index contributed by atoms with van der Waals surface area (Å²) in [6.45, 7) is 4.05. The molecular formula is C9H16N4O3. The van der Waals surface area contributed by atoms with Crippen molar-refractivity contribution in [2.75, 3.05) is 13.1 Å². The number of carbonyl (C=O) groups excluding carboxylic acids is 2. The number of nitrogens with two attached hydrogens (primary N) is 1. The first-order chi connectivity index (χ1) is 7.49. The summed E-state index contributed by atoms with van der Waals surface area (Å²) in [4.78, 5) is 24.7. The van der Waals surface area contributed by atoms with E-state index in [1.54, 1.807) is 6.92 Å². The Labute approximate surface area is 93.3 Å². The van der Waals surface area contributed by atoms with Crippen LogP contribution in [0.2, 0.25) is 0 Å². The van der Waals surface area contributed by atoms with Crippen molar-refractivity contribution in [3.8, 4) is 0 Å². The molecule has 0 saturated carbocycles. The van der Waals surface area contributed by atoms with Crippen molar-refractivity contribution in [2.45, 2.75) is 19.9 Å². The first kappa shape index (κ1) is 12.3. The van der Waals surface area contributed by atoms with Gasteiger partial charge in [-0.15, -0.1) is 0 Å². The molecule has 0 aromatic rings. The molecule has 1 heterocycles. The van der Waals surface area contributed by atoms with E-state index in [1.807, 2.05) is 0 Å². The highest BCUT2D eigenvalue weighted by Gasteiger charge is 2.32. The van der Waals surface area contributed by atoms with Crippen molar-refractivity contribution in [1.29, 1.82) is 0 Å². The summed E-state index contributed by atoms with van der Waals surface area (Å²) < 4.78 is 0. The van der Waals surface area contributed by atoms with Crippen LogP contribution in [0.3, 0.4) is 0 Å². The number of oxime groups is 1. The zero-order valence-electron chi connectivity index (χ0n) is 9.30. The molecule has 4 N–H and O–H groups in total. The average molecular weight is 228 g/mol. The van der Waals surface area contributed by atoms with Gasteiger partial charge in [0.1, 0.15) is 6.04 Å². The Morgan fingerprint density at radius 1 is 1.75 bits per heavy atom. The first-order valence-corrected chi connectivity index (χ1v) is 5.04. The molecule has 7 nitrogen and oxygen atoms in total. The predicted octanol–water partition coefficient (Wildman–Crippen LogP) is -1.28. The molecule has 2 amide bonds. The summed E-state index contributed by atoms with van der Waals surface area (Å²) in [7, 11) is 0. The zero-order valence-corrected chi connectivity index (χ0v) is 9.30. The second-order valence-electron chi connectivity index (χ2n) is 3.75. The molecule has 2 unspecified atom stereocenters. The highest BCUT2D eigenvalue weighted by molar-refractivity contribution is 6.03. The minimum Gasteiger partial charge on any atom is -0.409 e. The molecule has 0 aliphatic carbocycles. The molecule has 7 heteroatoms. The lowest BCUT2D eigenvalue weighted by Gasteiger charge is -2.34. The minimum absolute atomic E-state index is 0.150. The van der Waals surface area contributed by atoms with E-state index in [9.17, 15) is 9.59 Å². The summed E-state index contributed by atoms with van der Waals surface area (Å²) in [5.41, 5.74) is 5.36. The molecule has 1 rings (SSSR count). The summed E-state index contributed by atoms with van der Waals surface area (Å²) in [6.07, 6.45) is 0. The maximum atomic E-state index is 11.9. The van der Waals surface area contributed by atoms with Crippen LogP contribution in [-0.4, -0.2) is 46.9 Å². The highest BCUT2D eigenvalue weighted by Crippen LogP contribution is 2.10. The summed E-state index contributed by atoms with van der Waals surface area (Å²) in [5, 5.41) is 13.9. The van der Waals surface area contributed by atoms with Crippen LogP contribution in [0.25, 0.3) is 0 Å². The van der Waals surface area contributed by atoms with Crippen LogP contribution in [-0.2, 0) is 9.59 Å². The van der Waals surface area contributed by atoms with E-state index >= 15 is 0 Å². The third-order valence-corrected chi connectivity index (χ3v) is 2.71. The van der Waals surface area contributed by atoms with E-state index in [4.69, 9.17) is 10.9 Å². The van der Waals surface area contributed by atoms with Crippen LogP contribution in [0.1, 0.15) is 13.8 Å². The largest absolute Gasteiger partial charge is 0.409 e. The van der Waals surface area contributed by atoms with E-state index in [0.29, 0.717) is 13.1 Å². The third-order valence-electron chi connectivity index (χ3n) is 2.71. The number of amidine groups is 1. The molecule has 1 aliphatic rings. The van der Waals surface area contributed by atoms with Crippen LogP contribution >= 0.6 is 0 Å². The van der Waals surface area contributed by atoms with Gasteiger partial charge >= 0.3 is 0 Å². The second-order valence-corrected chi connectivity index (χ2v) is 3.75. The molecule has 1 saturated heterocycles. The zero-order chi connectivity index (χ0) is 12.3. The van der Waals surface area contributed by atoms with E-state index in [1.165, 1.54) is 11.8 Å². The van der Waals surface area contributed by atoms with Gasteiger partial charge in [-0.05, 0) is 13.8 Å². The van der Waals surface area contributed by atoms with Gasteiger partial charge < -0.3 is 21.2 Å². The lowest BCUT2D eigenvalue weighted by molar-refractivity contribution is -0.143. The number of amides is 2. The molecule has 0 radical (unpaired) electrons. The number of hydrogen-bond donors (Lipinski definition) is 3. The maximum absolute atomic E-state index is 11.9. The molecule has 0 spiro atoms. The van der Waals surface area contributed by atoms with E-state index in [-0.39, 0.29) is 17.6 Å². The van der Waals surface area contributed by atoms with Gasteiger partial charge in [-0.3, -0.25) is 9.59 Å². The van der Waals surface area contributed by atoms with E-state index in [2.05, 4.69) is 10.5 Å². The van der Waals surface area contributed by atoms with Gasteiger partial charge in [-0.2, -0.15) is 0 Å². The van der Waals surface area contributed by atoms with Gasteiger partial charge in [0, 0.05) is 13.1 Å². The van der Waals surface area contributed by atoms with Crippen LogP contribution in [0.15, 0.2) is 5.16 Å². The molecule has 0 aromatic heterocycles. The summed E-state index contributed by atoms with van der Waals surface area (Å²) in [5.74, 6) is -1.37. The van der Waals surface area contributed by atoms with Gasteiger partial charge in [-0.1, -0.05) is 5.16 Å². The lowest BCUT2D eigenvalue weighted by Crippen LogP contribution is -2.57. The summed E-state index contributed by atoms with van der Waals surface area (Å²) in [6, 6.07) is -0.518. The molecule has 0 aromatic carbocycles. The monoisotopic (exact) mass is 228 g/mol. The summed E-state index contributed by atoms with van der Waals surface area (Å²) >= 11 is 0. The number of nitrogens with zero attached hydrogens (tertiary/aromatic N) is 2. The normalized spacial score (nSPS) is 23.9. The van der Waals surface area contributed by atoms with Crippen LogP contribution in [0.5, 0.6) is 0 Å². The molecule has 16 heavy (non-hydrogen) atoms. The fourth-order valence-corrected chi connectivity index (χ4v) is 1.55. The van der Waals surface area contributed by atoms with Crippen molar-refractivity contribution in [2.24, 2.45) is 16.8 Å². The number of piperazine rings is 1. The highest BCUT2D eigenvalue weighted by atomic mass is 16.4. The Bertz CT molecular complexity index is 329. The Morgan fingerprint density at radius 2 is 2.38 bits per heavy atom. The molecule has 90 valence electrons. The van der Waals surface area contributed by atoms with Crippen molar-refractivity contribution >= 4 is 17.6 Å². The predicted molar refractivity (Wildman–Crippen MR) is 56.8 cm³/mol. The molecule has 1 aliphatic heterocycles. The molecule has 0 bridgehead atoms. The number of rotatable bonds is 2. The molecule has 1 fully saturated rings. The quantitative estimate of drug-likeness (QED) is 0.236. The fraction of sp³-hybridized carbons (Fsp3) is 0.667. The van der Waals surface area contributed by atoms with E-state index < -0.39 is 12.0 Å². The number of hydrogen-bond acceptors (Lipinski definition) is 4. The molecule has 2 atom stereocenters. The smallest absolute Gasteiger partial charge is 0.242 e. The van der Waals surface area contributed by atoms with Crippen LogP contribution in [0, 0.1) is 5.92 Å². The van der Waals surface area contributed by atoms with Crippen molar-refractivity contribution in [3.05, 3.63) is 0 Å². The number of carbonyl (C=O) groups is 2. The third kappa shape index (κ3) is 2.23. The van der Waals surface area contributed by atoms with Gasteiger partial charge in [0.25, 0.3) is 0 Å². The Hall–Kier alpha value is -1.79. The van der Waals surface area contributed by atoms with E-state index in [0.717, 1.165) is 0 Å². The Kier molecular flexibility index (Phi) is 3.70. The van der Waals surface area contributed by atoms with Gasteiger partial charge in [0.05, 0.1) is 5.92 Å². The van der Waals surface area contributed by atoms with Crippen molar-refractivity contribution < 1.29 is 14.8 Å². The number of nitrogens with one attached hydrogen (secondary N) is 1. The Morgan fingerprint density at radius 3 is 2.94 bits per heavy atom. The van der Waals surface area contributed by atoms with Crippen LogP contribution in [0.4, 0.5) is 0 Å². The van der Waals surface area contributed by atoms with Gasteiger partial charge in [-0.25, -0.2) is 0 Å². The fourth-order valence-electron chi connectivity index (χ4n) is 1.55. The van der Waals surface area contributed by atoms with Gasteiger partial charge in [0.15, 0.2) is 5.84 Å². The minimum atomic E-state index is -0.724. The van der Waals surface area contributed by atoms with Crippen molar-refractivity contribution in [1.82, 2.24) is 10.2 Å². The average Bonchev–Trinajstić information content (AvgIpc) is 2.29. The lowest BCUT2D eigenvalue weighted by atomic mass is 10.1. The topological polar surface area (TPSA) is 108 Å². The van der Waals surface area contributed by atoms with Crippen LogP contribution < -0.4 is 11.1 Å². The molecular weight excluding hydrogens is 212 g/mol. The second kappa shape index (κ2) is 4.82.